The van der Waals surface area contributed by atoms with Crippen molar-refractivity contribution >= 4 is 21.2 Å². The van der Waals surface area contributed by atoms with Gasteiger partial charge in [0.1, 0.15) is 5.75 Å². The number of nitrogens with two attached hydrogens (primary N) is 1. The van der Waals surface area contributed by atoms with E-state index in [0.29, 0.717) is 24.6 Å². The van der Waals surface area contributed by atoms with Crippen molar-refractivity contribution in [2.75, 3.05) is 30.5 Å². The zero-order chi connectivity index (χ0) is 15.4. The van der Waals surface area contributed by atoms with E-state index in [1.54, 1.807) is 26.0 Å². The third-order valence-electron chi connectivity index (χ3n) is 3.20. The number of hydrogen-bond acceptors (Lipinski definition) is 5. The van der Waals surface area contributed by atoms with Crippen LogP contribution in [0, 0.1) is 0 Å². The summed E-state index contributed by atoms with van der Waals surface area (Å²) in [7, 11) is -3.12. The highest BCUT2D eigenvalue weighted by atomic mass is 32.2. The topological polar surface area (TPSA) is 81.4 Å². The number of hydrogen-bond donors (Lipinski definition) is 2. The lowest BCUT2D eigenvalue weighted by Gasteiger charge is -2.23. The first-order chi connectivity index (χ1) is 9.17. The minimum atomic E-state index is -3.12. The van der Waals surface area contributed by atoms with Crippen LogP contribution in [0.1, 0.15) is 27.2 Å². The van der Waals surface area contributed by atoms with Gasteiger partial charge in [0.25, 0.3) is 0 Å². The number of sulfone groups is 1. The van der Waals surface area contributed by atoms with Gasteiger partial charge in [0.05, 0.1) is 17.0 Å². The summed E-state index contributed by atoms with van der Waals surface area (Å²) in [4.78, 5) is 0. The van der Waals surface area contributed by atoms with Crippen LogP contribution in [0.25, 0.3) is 0 Å². The van der Waals surface area contributed by atoms with Gasteiger partial charge in [0, 0.05) is 24.6 Å². The first kappa shape index (κ1) is 16.6. The number of benzene rings is 1. The largest absolute Gasteiger partial charge is 0.491 e. The maximum atomic E-state index is 11.7. The first-order valence-electron chi connectivity index (χ1n) is 6.63. The van der Waals surface area contributed by atoms with Gasteiger partial charge in [0.15, 0.2) is 9.84 Å². The van der Waals surface area contributed by atoms with Crippen LogP contribution >= 0.6 is 0 Å². The fourth-order valence-electron chi connectivity index (χ4n) is 1.43. The van der Waals surface area contributed by atoms with Gasteiger partial charge in [-0.1, -0.05) is 6.92 Å². The summed E-state index contributed by atoms with van der Waals surface area (Å²) in [5.41, 5.74) is 7.20. The van der Waals surface area contributed by atoms with Crippen LogP contribution in [0.5, 0.6) is 5.75 Å². The lowest BCUT2D eigenvalue weighted by atomic mass is 10.2. The molecule has 0 aliphatic heterocycles. The summed E-state index contributed by atoms with van der Waals surface area (Å²) >= 11 is 0. The normalized spacial score (nSPS) is 12.2. The van der Waals surface area contributed by atoms with E-state index >= 15 is 0 Å². The van der Waals surface area contributed by atoms with Gasteiger partial charge in [-0.05, 0) is 32.4 Å². The van der Waals surface area contributed by atoms with Crippen molar-refractivity contribution in [3.8, 4) is 5.75 Å². The summed E-state index contributed by atoms with van der Waals surface area (Å²) in [5, 5.41) is 3.12. The lowest BCUT2D eigenvalue weighted by molar-refractivity contribution is 0.319. The molecular weight excluding hydrogens is 276 g/mol. The number of ether oxygens (including phenoxy) is 1. The fraction of sp³-hybridized carbons (Fsp3) is 0.571. The van der Waals surface area contributed by atoms with Crippen LogP contribution in [0.3, 0.4) is 0 Å². The van der Waals surface area contributed by atoms with Crippen LogP contribution in [-0.4, -0.2) is 32.6 Å². The van der Waals surface area contributed by atoms with Gasteiger partial charge in [-0.15, -0.1) is 0 Å². The van der Waals surface area contributed by atoms with Crippen molar-refractivity contribution in [2.45, 2.75) is 31.9 Å². The molecule has 0 bridgehead atoms. The molecule has 0 fully saturated rings. The van der Waals surface area contributed by atoms with Gasteiger partial charge in [-0.25, -0.2) is 8.42 Å². The fourth-order valence-corrected chi connectivity index (χ4v) is 1.76. The van der Waals surface area contributed by atoms with Crippen molar-refractivity contribution in [1.29, 1.82) is 0 Å². The second-order valence-electron chi connectivity index (χ2n) is 5.49. The number of nitrogens with one attached hydrogen (secondary N) is 1. The quantitative estimate of drug-likeness (QED) is 0.755. The molecule has 0 atom stereocenters. The van der Waals surface area contributed by atoms with E-state index in [9.17, 15) is 8.42 Å². The molecule has 5 nitrogen and oxygen atoms in total. The van der Waals surface area contributed by atoms with Gasteiger partial charge >= 0.3 is 0 Å². The Hall–Kier alpha value is -1.43. The van der Waals surface area contributed by atoms with E-state index in [4.69, 9.17) is 10.5 Å². The Balaban J connectivity index is 2.79. The van der Waals surface area contributed by atoms with Crippen molar-refractivity contribution in [1.82, 2.24) is 0 Å². The maximum absolute atomic E-state index is 11.7. The highest BCUT2D eigenvalue weighted by Gasteiger charge is 2.29. The number of rotatable bonds is 7. The third-order valence-corrected chi connectivity index (χ3v) is 5.35. The molecule has 0 amide bonds. The standard InChI is InChI=1S/C14H24N2O3S/c1-5-8-19-13-9-11(6-7-12(13)15)16-10-14(2,3)20(4,17)18/h6-7,9,16H,5,8,10,15H2,1-4H3. The Morgan fingerprint density at radius 1 is 1.35 bits per heavy atom. The molecule has 1 aromatic carbocycles. The summed E-state index contributed by atoms with van der Waals surface area (Å²) in [6, 6.07) is 5.36. The Morgan fingerprint density at radius 3 is 2.55 bits per heavy atom. The molecule has 0 heterocycles. The van der Waals surface area contributed by atoms with Gasteiger partial charge < -0.3 is 15.8 Å². The lowest BCUT2D eigenvalue weighted by Crippen LogP contribution is -2.38. The van der Waals surface area contributed by atoms with Crippen LogP contribution in [0.4, 0.5) is 11.4 Å². The van der Waals surface area contributed by atoms with E-state index in [1.165, 1.54) is 6.26 Å². The first-order valence-corrected chi connectivity index (χ1v) is 8.52. The number of anilines is 2. The summed E-state index contributed by atoms with van der Waals surface area (Å²) in [6.07, 6.45) is 2.14. The summed E-state index contributed by atoms with van der Waals surface area (Å²) in [5.74, 6) is 0.619. The van der Waals surface area contributed by atoms with E-state index in [1.807, 2.05) is 13.0 Å². The second kappa shape index (κ2) is 6.35. The Kier molecular flexibility index (Phi) is 5.28. The molecule has 0 saturated carbocycles. The molecule has 0 aliphatic rings. The maximum Gasteiger partial charge on any atom is 0.154 e. The number of nitrogen functional groups attached to an aromatic ring is 1. The Labute approximate surface area is 121 Å². The van der Waals surface area contributed by atoms with E-state index in [0.717, 1.165) is 12.1 Å². The van der Waals surface area contributed by atoms with Crippen molar-refractivity contribution in [2.24, 2.45) is 0 Å². The van der Waals surface area contributed by atoms with Gasteiger partial charge in [0.2, 0.25) is 0 Å². The Morgan fingerprint density at radius 2 is 2.00 bits per heavy atom. The molecular formula is C14H24N2O3S. The van der Waals surface area contributed by atoms with E-state index in [2.05, 4.69) is 5.32 Å². The summed E-state index contributed by atoms with van der Waals surface area (Å²) in [6.45, 7) is 6.33. The predicted molar refractivity (Wildman–Crippen MR) is 84.1 cm³/mol. The minimum absolute atomic E-state index is 0.322. The zero-order valence-electron chi connectivity index (χ0n) is 12.6. The smallest absolute Gasteiger partial charge is 0.154 e. The summed E-state index contributed by atoms with van der Waals surface area (Å²) < 4.78 is 28.0. The molecule has 20 heavy (non-hydrogen) atoms. The monoisotopic (exact) mass is 300 g/mol. The van der Waals surface area contributed by atoms with Gasteiger partial charge in [-0.3, -0.25) is 0 Å². The van der Waals surface area contributed by atoms with E-state index in [-0.39, 0.29) is 0 Å². The molecule has 0 aliphatic carbocycles. The highest BCUT2D eigenvalue weighted by Crippen LogP contribution is 2.26. The molecule has 0 spiro atoms. The molecule has 6 heteroatoms. The third kappa shape index (κ3) is 4.30. The molecule has 3 N–H and O–H groups in total. The zero-order valence-corrected chi connectivity index (χ0v) is 13.4. The predicted octanol–water partition coefficient (Wildman–Crippen LogP) is 2.29. The van der Waals surface area contributed by atoms with Crippen LogP contribution in [0.2, 0.25) is 0 Å². The molecule has 0 radical (unpaired) electrons. The average molecular weight is 300 g/mol. The van der Waals surface area contributed by atoms with Crippen molar-refractivity contribution in [3.63, 3.8) is 0 Å². The minimum Gasteiger partial charge on any atom is -0.491 e. The van der Waals surface area contributed by atoms with E-state index < -0.39 is 14.6 Å². The second-order valence-corrected chi connectivity index (χ2v) is 8.14. The molecule has 114 valence electrons. The van der Waals surface area contributed by atoms with Crippen molar-refractivity contribution in [3.05, 3.63) is 18.2 Å². The highest BCUT2D eigenvalue weighted by molar-refractivity contribution is 7.92. The molecule has 0 aromatic heterocycles. The van der Waals surface area contributed by atoms with Crippen LogP contribution in [0.15, 0.2) is 18.2 Å². The molecule has 1 rings (SSSR count). The average Bonchev–Trinajstić information content (AvgIpc) is 2.35. The Bertz CT molecular complexity index is 554. The molecule has 1 aromatic rings. The van der Waals surface area contributed by atoms with Crippen molar-refractivity contribution < 1.29 is 13.2 Å². The molecule has 0 saturated heterocycles. The molecule has 0 unspecified atom stereocenters. The van der Waals surface area contributed by atoms with Crippen LogP contribution < -0.4 is 15.8 Å². The SMILES string of the molecule is CCCOc1cc(NCC(C)(C)S(C)(=O)=O)ccc1N. The van der Waals surface area contributed by atoms with Gasteiger partial charge in [-0.2, -0.15) is 0 Å². The van der Waals surface area contributed by atoms with Crippen LogP contribution in [-0.2, 0) is 9.84 Å².